The Balaban J connectivity index is 2.39. The van der Waals surface area contributed by atoms with Gasteiger partial charge >= 0.3 is 0 Å². The maximum atomic E-state index is 5.95. The van der Waals surface area contributed by atoms with Crippen molar-refractivity contribution in [1.82, 2.24) is 9.78 Å². The maximum absolute atomic E-state index is 5.95. The van der Waals surface area contributed by atoms with Crippen molar-refractivity contribution in [3.05, 3.63) is 47.2 Å². The van der Waals surface area contributed by atoms with E-state index in [4.69, 9.17) is 11.6 Å². The second kappa shape index (κ2) is 3.84. The topological polar surface area (TPSA) is 17.8 Å². The first-order chi connectivity index (χ1) is 6.81. The molecule has 14 heavy (non-hydrogen) atoms. The fourth-order valence-electron chi connectivity index (χ4n) is 1.35. The molecule has 0 saturated carbocycles. The van der Waals surface area contributed by atoms with Crippen LogP contribution in [0.4, 0.5) is 0 Å². The summed E-state index contributed by atoms with van der Waals surface area (Å²) in [6, 6.07) is 10.0. The van der Waals surface area contributed by atoms with Gasteiger partial charge < -0.3 is 0 Å². The minimum absolute atomic E-state index is 0.634. The van der Waals surface area contributed by atoms with Crippen molar-refractivity contribution >= 4 is 11.6 Å². The Morgan fingerprint density at radius 1 is 1.21 bits per heavy atom. The first-order valence-corrected chi connectivity index (χ1v) is 4.98. The summed E-state index contributed by atoms with van der Waals surface area (Å²) in [7, 11) is 0. The standard InChI is InChI=1S/C11H11ClN2/c1-2-9-3-5-10(6-4-9)14-11(12)7-8-13-14/h3-8H,2H2,1H3. The lowest BCUT2D eigenvalue weighted by atomic mass is 10.1. The zero-order chi connectivity index (χ0) is 9.97. The molecule has 0 aliphatic carbocycles. The number of nitrogens with zero attached hydrogens (tertiary/aromatic N) is 2. The predicted molar refractivity (Wildman–Crippen MR) is 58.0 cm³/mol. The summed E-state index contributed by atoms with van der Waals surface area (Å²) in [5, 5.41) is 4.76. The summed E-state index contributed by atoms with van der Waals surface area (Å²) < 4.78 is 1.71. The van der Waals surface area contributed by atoms with Crippen molar-refractivity contribution in [2.75, 3.05) is 0 Å². The fraction of sp³-hybridized carbons (Fsp3) is 0.182. The molecule has 0 bridgehead atoms. The number of aryl methyl sites for hydroxylation is 1. The molecule has 2 nitrogen and oxygen atoms in total. The number of aromatic nitrogens is 2. The quantitative estimate of drug-likeness (QED) is 0.739. The van der Waals surface area contributed by atoms with Crippen LogP contribution >= 0.6 is 11.6 Å². The van der Waals surface area contributed by atoms with E-state index in [-0.39, 0.29) is 0 Å². The van der Waals surface area contributed by atoms with E-state index in [0.29, 0.717) is 5.15 Å². The van der Waals surface area contributed by atoms with Gasteiger partial charge in [-0.3, -0.25) is 0 Å². The number of hydrogen-bond acceptors (Lipinski definition) is 1. The molecular formula is C11H11ClN2. The molecule has 0 N–H and O–H groups in total. The summed E-state index contributed by atoms with van der Waals surface area (Å²) in [4.78, 5) is 0. The third-order valence-corrected chi connectivity index (χ3v) is 2.47. The first kappa shape index (κ1) is 9.28. The summed E-state index contributed by atoms with van der Waals surface area (Å²) in [5.41, 5.74) is 2.31. The highest BCUT2D eigenvalue weighted by atomic mass is 35.5. The molecule has 0 radical (unpaired) electrons. The van der Waals surface area contributed by atoms with Crippen LogP contribution in [0.15, 0.2) is 36.5 Å². The molecule has 0 fully saturated rings. The molecule has 0 saturated heterocycles. The van der Waals surface area contributed by atoms with Crippen molar-refractivity contribution in [2.45, 2.75) is 13.3 Å². The van der Waals surface area contributed by atoms with Gasteiger partial charge in [-0.05, 0) is 30.2 Å². The molecule has 1 aromatic heterocycles. The summed E-state index contributed by atoms with van der Waals surface area (Å²) in [6.07, 6.45) is 2.74. The molecule has 3 heteroatoms. The smallest absolute Gasteiger partial charge is 0.132 e. The minimum atomic E-state index is 0.634. The summed E-state index contributed by atoms with van der Waals surface area (Å²) in [6.45, 7) is 2.13. The van der Waals surface area contributed by atoms with E-state index in [2.05, 4.69) is 24.2 Å². The molecule has 0 unspecified atom stereocenters. The van der Waals surface area contributed by atoms with Gasteiger partial charge in [0.25, 0.3) is 0 Å². The number of rotatable bonds is 2. The molecule has 72 valence electrons. The van der Waals surface area contributed by atoms with E-state index in [9.17, 15) is 0 Å². The SMILES string of the molecule is CCc1ccc(-n2nccc2Cl)cc1. The van der Waals surface area contributed by atoms with Crippen LogP contribution in [0.2, 0.25) is 5.15 Å². The second-order valence-corrected chi connectivity index (χ2v) is 3.47. The van der Waals surface area contributed by atoms with Crippen LogP contribution in [0.1, 0.15) is 12.5 Å². The highest BCUT2D eigenvalue weighted by molar-refractivity contribution is 6.29. The van der Waals surface area contributed by atoms with Gasteiger partial charge in [0.05, 0.1) is 11.9 Å². The van der Waals surface area contributed by atoms with Crippen LogP contribution in [0.25, 0.3) is 5.69 Å². The van der Waals surface area contributed by atoms with Gasteiger partial charge in [-0.1, -0.05) is 30.7 Å². The zero-order valence-corrected chi connectivity index (χ0v) is 8.70. The molecule has 1 heterocycles. The third-order valence-electron chi connectivity index (χ3n) is 2.19. The molecule has 0 amide bonds. The van der Waals surface area contributed by atoms with Gasteiger partial charge in [0.2, 0.25) is 0 Å². The Labute approximate surface area is 88.1 Å². The monoisotopic (exact) mass is 206 g/mol. The second-order valence-electron chi connectivity index (χ2n) is 3.09. The highest BCUT2D eigenvalue weighted by Crippen LogP contribution is 2.15. The lowest BCUT2D eigenvalue weighted by molar-refractivity contribution is 0.880. The van der Waals surface area contributed by atoms with Gasteiger partial charge in [-0.15, -0.1) is 0 Å². The molecule has 0 aliphatic rings. The Hall–Kier alpha value is -1.28. The van der Waals surface area contributed by atoms with E-state index in [1.807, 2.05) is 12.1 Å². The van der Waals surface area contributed by atoms with Crippen molar-refractivity contribution in [2.24, 2.45) is 0 Å². The van der Waals surface area contributed by atoms with E-state index in [1.54, 1.807) is 16.9 Å². The van der Waals surface area contributed by atoms with Gasteiger partial charge in [0.1, 0.15) is 5.15 Å². The van der Waals surface area contributed by atoms with Gasteiger partial charge in [0.15, 0.2) is 0 Å². The maximum Gasteiger partial charge on any atom is 0.132 e. The van der Waals surface area contributed by atoms with E-state index in [1.165, 1.54) is 5.56 Å². The van der Waals surface area contributed by atoms with Crippen LogP contribution in [0, 0.1) is 0 Å². The molecule has 0 spiro atoms. The number of halogens is 1. The molecule has 1 aromatic carbocycles. The van der Waals surface area contributed by atoms with E-state index < -0.39 is 0 Å². The van der Waals surface area contributed by atoms with Gasteiger partial charge in [-0.2, -0.15) is 5.10 Å². The normalized spacial score (nSPS) is 10.4. The van der Waals surface area contributed by atoms with E-state index >= 15 is 0 Å². The van der Waals surface area contributed by atoms with Crippen molar-refractivity contribution in [3.8, 4) is 5.69 Å². The van der Waals surface area contributed by atoms with Crippen molar-refractivity contribution in [1.29, 1.82) is 0 Å². The largest absolute Gasteiger partial charge is 0.222 e. The minimum Gasteiger partial charge on any atom is -0.222 e. The average Bonchev–Trinajstić information content (AvgIpc) is 2.65. The lowest BCUT2D eigenvalue weighted by Crippen LogP contribution is -1.95. The molecule has 2 aromatic rings. The van der Waals surface area contributed by atoms with Gasteiger partial charge in [-0.25, -0.2) is 4.68 Å². The lowest BCUT2D eigenvalue weighted by Gasteiger charge is -2.03. The Morgan fingerprint density at radius 2 is 1.93 bits per heavy atom. The highest BCUT2D eigenvalue weighted by Gasteiger charge is 2.01. The zero-order valence-electron chi connectivity index (χ0n) is 7.94. The number of hydrogen-bond donors (Lipinski definition) is 0. The Bertz CT molecular complexity index is 417. The summed E-state index contributed by atoms with van der Waals surface area (Å²) >= 11 is 5.95. The predicted octanol–water partition coefficient (Wildman–Crippen LogP) is 3.09. The van der Waals surface area contributed by atoms with Crippen LogP contribution in [0.5, 0.6) is 0 Å². The van der Waals surface area contributed by atoms with E-state index in [0.717, 1.165) is 12.1 Å². The van der Waals surface area contributed by atoms with Crippen molar-refractivity contribution in [3.63, 3.8) is 0 Å². The average molecular weight is 207 g/mol. The fourth-order valence-corrected chi connectivity index (χ4v) is 1.55. The Kier molecular flexibility index (Phi) is 2.55. The molecular weight excluding hydrogens is 196 g/mol. The van der Waals surface area contributed by atoms with Crippen LogP contribution in [-0.2, 0) is 6.42 Å². The third kappa shape index (κ3) is 1.66. The molecule has 0 aliphatic heterocycles. The first-order valence-electron chi connectivity index (χ1n) is 4.60. The van der Waals surface area contributed by atoms with Crippen LogP contribution in [-0.4, -0.2) is 9.78 Å². The van der Waals surface area contributed by atoms with Crippen LogP contribution < -0.4 is 0 Å². The molecule has 2 rings (SSSR count). The Morgan fingerprint density at radius 3 is 2.43 bits per heavy atom. The van der Waals surface area contributed by atoms with Crippen LogP contribution in [0.3, 0.4) is 0 Å². The molecule has 0 atom stereocenters. The number of benzene rings is 1. The van der Waals surface area contributed by atoms with Crippen molar-refractivity contribution < 1.29 is 0 Å². The van der Waals surface area contributed by atoms with Gasteiger partial charge in [0, 0.05) is 0 Å². The summed E-state index contributed by atoms with van der Waals surface area (Å²) in [5.74, 6) is 0.